The highest BCUT2D eigenvalue weighted by molar-refractivity contribution is 7.15. The fraction of sp³-hybridized carbons (Fsp3) is 0.444. The zero-order valence-electron chi connectivity index (χ0n) is 19.1. The van der Waals surface area contributed by atoms with Crippen LogP contribution in [0.2, 0.25) is 0 Å². The maximum Gasteiger partial charge on any atom is 0.133 e. The molecule has 0 radical (unpaired) electrons. The van der Waals surface area contributed by atoms with Gasteiger partial charge in [0.15, 0.2) is 0 Å². The van der Waals surface area contributed by atoms with Gasteiger partial charge in [-0.1, -0.05) is 42.0 Å². The van der Waals surface area contributed by atoms with E-state index in [4.69, 9.17) is 16.3 Å². The number of anilines is 1. The van der Waals surface area contributed by atoms with E-state index in [1.165, 1.54) is 65.2 Å². The number of allylic oxidation sites excluding steroid dienone is 4. The Balaban J connectivity index is 1.25. The summed E-state index contributed by atoms with van der Waals surface area (Å²) in [7, 11) is 1.64. The Morgan fingerprint density at radius 1 is 1.22 bits per heavy atom. The van der Waals surface area contributed by atoms with Crippen LogP contribution in [0.3, 0.4) is 0 Å². The highest BCUT2D eigenvalue weighted by atomic mass is 35.5. The number of hydrogen-bond acceptors (Lipinski definition) is 4. The van der Waals surface area contributed by atoms with Crippen molar-refractivity contribution < 1.29 is 4.74 Å². The Hall–Kier alpha value is -2.04. The van der Waals surface area contributed by atoms with Crippen molar-refractivity contribution in [3.63, 3.8) is 0 Å². The third-order valence-electron chi connectivity index (χ3n) is 6.57. The number of hydrogen-bond donors (Lipinski definition) is 1. The highest BCUT2D eigenvalue weighted by Crippen LogP contribution is 2.43. The Morgan fingerprint density at radius 2 is 2.00 bits per heavy atom. The van der Waals surface area contributed by atoms with Crippen LogP contribution in [0.4, 0.5) is 5.69 Å². The number of halogens is 1. The molecule has 170 valence electrons. The molecule has 3 nitrogen and oxygen atoms in total. The normalized spacial score (nSPS) is 22.0. The van der Waals surface area contributed by atoms with Crippen LogP contribution >= 0.6 is 22.9 Å². The number of thiazole rings is 1. The monoisotopic (exact) mass is 468 g/mol. The second-order valence-corrected chi connectivity index (χ2v) is 10.7. The molecule has 2 aliphatic carbocycles. The molecule has 2 aliphatic rings. The predicted molar refractivity (Wildman–Crippen MR) is 137 cm³/mol. The standard InChI is InChI=1S/C27H33ClN2OS/c1-18(7-14-25(31-3)19(2)28)21-10-8-20(9-11-21)16-29-24-6-4-5-23(15-24)26-17-30-27(32-26)22-12-13-22/h4-7,14-15,17,20-22,29H,1,8-13,16H2,2-3H3/b14-7-,25-19-. The molecule has 0 amide bonds. The van der Waals surface area contributed by atoms with E-state index in [2.05, 4.69) is 47.2 Å². The number of aromatic nitrogens is 1. The lowest BCUT2D eigenvalue weighted by atomic mass is 9.78. The molecule has 2 aromatic rings. The Morgan fingerprint density at radius 3 is 2.69 bits per heavy atom. The van der Waals surface area contributed by atoms with Crippen molar-refractivity contribution in [1.82, 2.24) is 4.98 Å². The average molecular weight is 469 g/mol. The van der Waals surface area contributed by atoms with Gasteiger partial charge in [0.25, 0.3) is 0 Å². The lowest BCUT2D eigenvalue weighted by Gasteiger charge is -2.29. The van der Waals surface area contributed by atoms with E-state index in [9.17, 15) is 0 Å². The summed E-state index contributed by atoms with van der Waals surface area (Å²) in [6.45, 7) is 7.15. The van der Waals surface area contributed by atoms with E-state index in [1.54, 1.807) is 7.11 Å². The zero-order valence-corrected chi connectivity index (χ0v) is 20.6. The Labute approximate surface area is 201 Å². The molecule has 0 atom stereocenters. The second kappa shape index (κ2) is 10.7. The fourth-order valence-electron chi connectivity index (χ4n) is 4.36. The number of ether oxygens (including phenoxy) is 1. The van der Waals surface area contributed by atoms with Crippen molar-refractivity contribution in [1.29, 1.82) is 0 Å². The summed E-state index contributed by atoms with van der Waals surface area (Å²) in [4.78, 5) is 5.91. The maximum absolute atomic E-state index is 6.04. The first kappa shape index (κ1) is 23.1. The van der Waals surface area contributed by atoms with E-state index >= 15 is 0 Å². The minimum atomic E-state index is 0.548. The van der Waals surface area contributed by atoms with Crippen molar-refractivity contribution in [2.45, 2.75) is 51.4 Å². The summed E-state index contributed by atoms with van der Waals surface area (Å²) in [6, 6.07) is 8.77. The molecule has 1 heterocycles. The summed E-state index contributed by atoms with van der Waals surface area (Å²) in [5, 5.41) is 5.65. The van der Waals surface area contributed by atoms with Gasteiger partial charge in [-0.3, -0.25) is 0 Å². The van der Waals surface area contributed by atoms with Gasteiger partial charge in [0, 0.05) is 24.3 Å². The molecular weight excluding hydrogens is 436 g/mol. The summed E-state index contributed by atoms with van der Waals surface area (Å²) in [5.74, 6) is 2.68. The molecule has 0 spiro atoms. The van der Waals surface area contributed by atoms with Crippen molar-refractivity contribution in [3.8, 4) is 10.4 Å². The molecular formula is C27H33ClN2OS. The van der Waals surface area contributed by atoms with E-state index < -0.39 is 0 Å². The molecule has 32 heavy (non-hydrogen) atoms. The average Bonchev–Trinajstić information content (AvgIpc) is 3.54. The number of rotatable bonds is 9. The molecule has 4 rings (SSSR count). The third kappa shape index (κ3) is 6.05. The zero-order chi connectivity index (χ0) is 22.5. The van der Waals surface area contributed by atoms with Crippen LogP contribution in [-0.4, -0.2) is 18.6 Å². The van der Waals surface area contributed by atoms with Gasteiger partial charge in [0.2, 0.25) is 0 Å². The summed E-state index contributed by atoms with van der Waals surface area (Å²) < 4.78 is 5.30. The molecule has 0 saturated heterocycles. The quantitative estimate of drug-likeness (QED) is 0.298. The van der Waals surface area contributed by atoms with Crippen LogP contribution in [0.5, 0.6) is 0 Å². The van der Waals surface area contributed by atoms with Crippen LogP contribution in [0, 0.1) is 11.8 Å². The van der Waals surface area contributed by atoms with Gasteiger partial charge in [0.05, 0.1) is 22.0 Å². The minimum absolute atomic E-state index is 0.548. The van der Waals surface area contributed by atoms with Crippen LogP contribution in [0.1, 0.15) is 56.4 Å². The first-order valence-electron chi connectivity index (χ1n) is 11.6. The van der Waals surface area contributed by atoms with Gasteiger partial charge in [-0.25, -0.2) is 4.98 Å². The van der Waals surface area contributed by atoms with Gasteiger partial charge in [-0.15, -0.1) is 11.3 Å². The molecule has 1 aromatic heterocycles. The van der Waals surface area contributed by atoms with Crippen molar-refractivity contribution in [3.05, 3.63) is 70.6 Å². The van der Waals surface area contributed by atoms with E-state index in [0.29, 0.717) is 22.6 Å². The van der Waals surface area contributed by atoms with Crippen LogP contribution in [-0.2, 0) is 4.74 Å². The Bertz CT molecular complexity index is 993. The molecule has 0 unspecified atom stereocenters. The molecule has 1 N–H and O–H groups in total. The van der Waals surface area contributed by atoms with Crippen molar-refractivity contribution in [2.24, 2.45) is 11.8 Å². The van der Waals surface area contributed by atoms with Gasteiger partial charge >= 0.3 is 0 Å². The smallest absolute Gasteiger partial charge is 0.133 e. The van der Waals surface area contributed by atoms with E-state index in [1.807, 2.05) is 30.5 Å². The van der Waals surface area contributed by atoms with Crippen molar-refractivity contribution in [2.75, 3.05) is 19.0 Å². The van der Waals surface area contributed by atoms with Crippen LogP contribution in [0.25, 0.3) is 10.4 Å². The van der Waals surface area contributed by atoms with E-state index in [-0.39, 0.29) is 0 Å². The summed E-state index contributed by atoms with van der Waals surface area (Å²) in [6.07, 6.45) is 13.5. The molecule has 1 aromatic carbocycles. The lowest BCUT2D eigenvalue weighted by molar-refractivity contribution is 0.304. The molecule has 2 fully saturated rings. The first-order valence-corrected chi connectivity index (χ1v) is 12.8. The third-order valence-corrected chi connectivity index (χ3v) is 7.97. The van der Waals surface area contributed by atoms with Gasteiger partial charge in [-0.2, -0.15) is 0 Å². The first-order chi connectivity index (χ1) is 15.5. The van der Waals surface area contributed by atoms with Crippen LogP contribution in [0.15, 0.2) is 65.6 Å². The topological polar surface area (TPSA) is 34.1 Å². The molecule has 0 bridgehead atoms. The number of nitrogens with one attached hydrogen (secondary N) is 1. The Kier molecular flexibility index (Phi) is 7.75. The van der Waals surface area contributed by atoms with Crippen LogP contribution < -0.4 is 5.32 Å². The lowest BCUT2D eigenvalue weighted by Crippen LogP contribution is -2.21. The second-order valence-electron chi connectivity index (χ2n) is 9.03. The molecule has 2 saturated carbocycles. The largest absolute Gasteiger partial charge is 0.496 e. The molecule has 0 aliphatic heterocycles. The van der Waals surface area contributed by atoms with Crippen molar-refractivity contribution >= 4 is 28.6 Å². The number of methoxy groups -OCH3 is 1. The highest BCUT2D eigenvalue weighted by Gasteiger charge is 2.27. The predicted octanol–water partition coefficient (Wildman–Crippen LogP) is 8.13. The number of nitrogens with zero attached hydrogens (tertiary/aromatic N) is 1. The fourth-order valence-corrected chi connectivity index (χ4v) is 5.59. The van der Waals surface area contributed by atoms with Gasteiger partial charge in [0.1, 0.15) is 5.76 Å². The minimum Gasteiger partial charge on any atom is -0.496 e. The maximum atomic E-state index is 6.04. The summed E-state index contributed by atoms with van der Waals surface area (Å²) in [5.41, 5.74) is 3.64. The summed E-state index contributed by atoms with van der Waals surface area (Å²) >= 11 is 7.89. The van der Waals surface area contributed by atoms with Gasteiger partial charge < -0.3 is 10.1 Å². The SMILES string of the molecule is C=C(/C=C\C(OC)=C(/C)Cl)C1CCC(CNc2cccc(-c3cnc(C4CC4)s3)c2)CC1. The molecule has 5 heteroatoms. The number of benzene rings is 1. The van der Waals surface area contributed by atoms with E-state index in [0.717, 1.165) is 12.5 Å². The van der Waals surface area contributed by atoms with Gasteiger partial charge in [-0.05, 0) is 81.1 Å².